The summed E-state index contributed by atoms with van der Waals surface area (Å²) in [6, 6.07) is 4.03. The molecule has 1 unspecified atom stereocenters. The number of imidazole rings is 1. The van der Waals surface area contributed by atoms with Gasteiger partial charge in [0, 0.05) is 12.6 Å². The van der Waals surface area contributed by atoms with Crippen LogP contribution in [0, 0.1) is 5.41 Å². The molecule has 1 atom stereocenters. The molecule has 1 fully saturated rings. The lowest BCUT2D eigenvalue weighted by atomic mass is 9.92. The van der Waals surface area contributed by atoms with Gasteiger partial charge in [-0.15, -0.1) is 0 Å². The van der Waals surface area contributed by atoms with Gasteiger partial charge in [0.05, 0.1) is 6.17 Å². The summed E-state index contributed by atoms with van der Waals surface area (Å²) in [6.45, 7) is 7.88. The van der Waals surface area contributed by atoms with E-state index in [9.17, 15) is 0 Å². The maximum atomic E-state index is 4.83. The molecule has 0 bridgehead atoms. The average Bonchev–Trinajstić information content (AvgIpc) is 2.75. The zero-order valence-corrected chi connectivity index (χ0v) is 12.7. The minimum atomic E-state index is 0.230. The van der Waals surface area contributed by atoms with Crippen LogP contribution in [-0.4, -0.2) is 21.1 Å². The van der Waals surface area contributed by atoms with E-state index < -0.39 is 0 Å². The van der Waals surface area contributed by atoms with Gasteiger partial charge in [-0.3, -0.25) is 9.88 Å². The van der Waals surface area contributed by atoms with Gasteiger partial charge >= 0.3 is 0 Å². The predicted octanol–water partition coefficient (Wildman–Crippen LogP) is 3.29. The molecule has 1 N–H and O–H groups in total. The molecular weight excluding hydrogens is 248 g/mol. The third kappa shape index (κ3) is 2.70. The summed E-state index contributed by atoms with van der Waals surface area (Å²) in [4.78, 5) is 9.40. The summed E-state index contributed by atoms with van der Waals surface area (Å²) in [5.74, 6) is 1.16. The van der Waals surface area contributed by atoms with E-state index in [0.717, 1.165) is 30.0 Å². The lowest BCUT2D eigenvalue weighted by molar-refractivity contribution is 0.306. The van der Waals surface area contributed by atoms with Gasteiger partial charge in [-0.1, -0.05) is 20.8 Å². The van der Waals surface area contributed by atoms with E-state index in [1.165, 1.54) is 19.3 Å². The molecule has 0 aromatic carbocycles. The molecule has 0 saturated carbocycles. The van der Waals surface area contributed by atoms with Crippen molar-refractivity contribution >= 4 is 11.2 Å². The van der Waals surface area contributed by atoms with Crippen molar-refractivity contribution in [1.82, 2.24) is 19.9 Å². The Hall–Kier alpha value is -1.42. The number of nitrogens with one attached hydrogen (secondary N) is 1. The third-order valence-corrected chi connectivity index (χ3v) is 3.81. The lowest BCUT2D eigenvalue weighted by Gasteiger charge is -2.28. The van der Waals surface area contributed by atoms with Crippen LogP contribution in [0.1, 0.15) is 52.0 Å². The molecule has 0 amide bonds. The Morgan fingerprint density at radius 1 is 1.35 bits per heavy atom. The number of rotatable bonds is 2. The van der Waals surface area contributed by atoms with Crippen LogP contribution in [0.4, 0.5) is 0 Å². The van der Waals surface area contributed by atoms with Crippen LogP contribution in [-0.2, 0) is 6.42 Å². The van der Waals surface area contributed by atoms with Crippen molar-refractivity contribution in [3.63, 3.8) is 0 Å². The van der Waals surface area contributed by atoms with Gasteiger partial charge < -0.3 is 0 Å². The van der Waals surface area contributed by atoms with Crippen LogP contribution in [0.3, 0.4) is 0 Å². The fourth-order valence-corrected chi connectivity index (χ4v) is 2.96. The van der Waals surface area contributed by atoms with E-state index >= 15 is 0 Å². The molecule has 20 heavy (non-hydrogen) atoms. The molecule has 4 heteroatoms. The molecule has 0 radical (unpaired) electrons. The van der Waals surface area contributed by atoms with Gasteiger partial charge in [-0.05, 0) is 43.4 Å². The first kappa shape index (κ1) is 13.6. The second kappa shape index (κ2) is 5.17. The molecule has 1 aliphatic rings. The van der Waals surface area contributed by atoms with Crippen LogP contribution in [0.25, 0.3) is 11.2 Å². The molecule has 1 saturated heterocycles. The number of hydrogen-bond donors (Lipinski definition) is 1. The minimum Gasteiger partial charge on any atom is -0.297 e. The van der Waals surface area contributed by atoms with Crippen LogP contribution in [0.2, 0.25) is 0 Å². The normalized spacial score (nSPS) is 20.4. The van der Waals surface area contributed by atoms with Crippen molar-refractivity contribution in [2.75, 3.05) is 6.54 Å². The molecule has 0 spiro atoms. The standard InChI is InChI=1S/C16H24N4/c1-16(2,3)11-14-19-12-7-6-10-18-15(12)20(14)13-8-4-5-9-17-13/h6-7,10,13,17H,4-5,8-9,11H2,1-3H3. The molecule has 1 aliphatic heterocycles. The number of pyridine rings is 1. The highest BCUT2D eigenvalue weighted by Gasteiger charge is 2.24. The van der Waals surface area contributed by atoms with Crippen LogP contribution in [0.5, 0.6) is 0 Å². The molecule has 0 aliphatic carbocycles. The van der Waals surface area contributed by atoms with Crippen LogP contribution in [0.15, 0.2) is 18.3 Å². The monoisotopic (exact) mass is 272 g/mol. The summed E-state index contributed by atoms with van der Waals surface area (Å²) < 4.78 is 2.33. The Balaban J connectivity index is 2.07. The molecule has 3 heterocycles. The van der Waals surface area contributed by atoms with Crippen molar-refractivity contribution < 1.29 is 0 Å². The Labute approximate surface area is 120 Å². The third-order valence-electron chi connectivity index (χ3n) is 3.81. The average molecular weight is 272 g/mol. The highest BCUT2D eigenvalue weighted by atomic mass is 15.2. The Kier molecular flexibility index (Phi) is 3.50. The van der Waals surface area contributed by atoms with E-state index in [0.29, 0.717) is 6.17 Å². The predicted molar refractivity (Wildman–Crippen MR) is 81.6 cm³/mol. The zero-order chi connectivity index (χ0) is 14.2. The topological polar surface area (TPSA) is 42.7 Å². The maximum Gasteiger partial charge on any atom is 0.161 e. The Bertz CT molecular complexity index is 588. The molecule has 2 aromatic rings. The smallest absolute Gasteiger partial charge is 0.161 e. The van der Waals surface area contributed by atoms with E-state index in [-0.39, 0.29) is 5.41 Å². The van der Waals surface area contributed by atoms with Crippen molar-refractivity contribution in [1.29, 1.82) is 0 Å². The van der Waals surface area contributed by atoms with Crippen molar-refractivity contribution in [2.45, 2.75) is 52.6 Å². The van der Waals surface area contributed by atoms with Gasteiger partial charge in [0.15, 0.2) is 5.65 Å². The number of fused-ring (bicyclic) bond motifs is 1. The van der Waals surface area contributed by atoms with Crippen LogP contribution >= 0.6 is 0 Å². The van der Waals surface area contributed by atoms with Crippen molar-refractivity contribution in [3.8, 4) is 0 Å². The van der Waals surface area contributed by atoms with E-state index in [1.54, 1.807) is 0 Å². The SMILES string of the molecule is CC(C)(C)Cc1nc2cccnc2n1C1CCCCN1. The van der Waals surface area contributed by atoms with Gasteiger partial charge in [0.25, 0.3) is 0 Å². The molecule has 3 rings (SSSR count). The first-order valence-electron chi connectivity index (χ1n) is 7.60. The van der Waals surface area contributed by atoms with Crippen molar-refractivity contribution in [3.05, 3.63) is 24.2 Å². The summed E-state index contributed by atoms with van der Waals surface area (Å²) in [5, 5.41) is 3.62. The van der Waals surface area contributed by atoms with Gasteiger partial charge in [-0.2, -0.15) is 0 Å². The molecule has 2 aromatic heterocycles. The summed E-state index contributed by atoms with van der Waals surface area (Å²) in [6.07, 6.45) is 6.90. The maximum absolute atomic E-state index is 4.83. The number of piperidine rings is 1. The van der Waals surface area contributed by atoms with Gasteiger partial charge in [0.2, 0.25) is 0 Å². The summed E-state index contributed by atoms with van der Waals surface area (Å²) >= 11 is 0. The van der Waals surface area contributed by atoms with E-state index in [2.05, 4.69) is 41.7 Å². The first-order valence-corrected chi connectivity index (χ1v) is 7.60. The minimum absolute atomic E-state index is 0.230. The molecule has 108 valence electrons. The van der Waals surface area contributed by atoms with Crippen molar-refractivity contribution in [2.24, 2.45) is 5.41 Å². The second-order valence-electron chi connectivity index (χ2n) is 6.95. The van der Waals surface area contributed by atoms with E-state index in [1.807, 2.05) is 12.3 Å². The molecule has 4 nitrogen and oxygen atoms in total. The quantitative estimate of drug-likeness (QED) is 0.912. The number of aromatic nitrogens is 3. The first-order chi connectivity index (χ1) is 9.54. The van der Waals surface area contributed by atoms with Crippen LogP contribution < -0.4 is 5.32 Å². The Morgan fingerprint density at radius 2 is 2.20 bits per heavy atom. The van der Waals surface area contributed by atoms with Gasteiger partial charge in [-0.25, -0.2) is 9.97 Å². The zero-order valence-electron chi connectivity index (χ0n) is 12.7. The summed E-state index contributed by atoms with van der Waals surface area (Å²) in [7, 11) is 0. The fourth-order valence-electron chi connectivity index (χ4n) is 2.96. The highest BCUT2D eigenvalue weighted by molar-refractivity contribution is 5.71. The number of nitrogens with zero attached hydrogens (tertiary/aromatic N) is 3. The molecular formula is C16H24N4. The summed E-state index contributed by atoms with van der Waals surface area (Å²) in [5.41, 5.74) is 2.26. The lowest BCUT2D eigenvalue weighted by Crippen LogP contribution is -2.33. The van der Waals surface area contributed by atoms with Gasteiger partial charge in [0.1, 0.15) is 11.3 Å². The Morgan fingerprint density at radius 3 is 2.90 bits per heavy atom. The highest BCUT2D eigenvalue weighted by Crippen LogP contribution is 2.28. The second-order valence-corrected chi connectivity index (χ2v) is 6.95. The largest absolute Gasteiger partial charge is 0.297 e. The number of hydrogen-bond acceptors (Lipinski definition) is 3. The van der Waals surface area contributed by atoms with E-state index in [4.69, 9.17) is 4.98 Å². The fraction of sp³-hybridized carbons (Fsp3) is 0.625.